The number of allylic oxidation sites excluding steroid dienone is 1. The lowest BCUT2D eigenvalue weighted by Gasteiger charge is -2.14. The summed E-state index contributed by atoms with van der Waals surface area (Å²) in [7, 11) is 0. The second kappa shape index (κ2) is 15.1. The maximum atomic E-state index is 11.0. The van der Waals surface area contributed by atoms with Crippen LogP contribution in [0.15, 0.2) is 12.2 Å². The predicted molar refractivity (Wildman–Crippen MR) is 94.6 cm³/mol. The summed E-state index contributed by atoms with van der Waals surface area (Å²) >= 11 is 0. The number of aliphatic carboxylic acids is 1. The highest BCUT2D eigenvalue weighted by Crippen LogP contribution is 2.13. The average molecular weight is 343 g/mol. The fourth-order valence-corrected chi connectivity index (χ4v) is 2.62. The predicted octanol–water partition coefficient (Wildman–Crippen LogP) is 4.33. The third kappa shape index (κ3) is 13.0. The lowest BCUT2D eigenvalue weighted by Crippen LogP contribution is -2.33. The van der Waals surface area contributed by atoms with E-state index in [0.717, 1.165) is 57.8 Å². The first-order chi connectivity index (χ1) is 11.5. The van der Waals surface area contributed by atoms with Crippen LogP contribution in [0.25, 0.3) is 0 Å². The molecule has 0 amide bonds. The van der Waals surface area contributed by atoms with E-state index < -0.39 is 18.1 Å². The zero-order valence-corrected chi connectivity index (χ0v) is 14.9. The summed E-state index contributed by atoms with van der Waals surface area (Å²) in [6, 6.07) is -0.865. The third-order valence-electron chi connectivity index (χ3n) is 4.12. The number of carboxylic acids is 1. The smallest absolute Gasteiger partial charge is 0.303 e. The Balaban J connectivity index is 3.75. The highest BCUT2D eigenvalue weighted by molar-refractivity contribution is 5.66. The first-order valence-electron chi connectivity index (χ1n) is 9.17. The highest BCUT2D eigenvalue weighted by Gasteiger charge is 2.27. The van der Waals surface area contributed by atoms with Gasteiger partial charge in [0.15, 0.2) is 0 Å². The number of nitrogens with zero attached hydrogens (tertiary/aromatic N) is 1. The van der Waals surface area contributed by atoms with Crippen molar-refractivity contribution in [3.8, 4) is 0 Å². The van der Waals surface area contributed by atoms with Crippen molar-refractivity contribution in [2.45, 2.75) is 96.1 Å². The number of rotatable bonds is 16. The lowest BCUT2D eigenvalue weighted by atomic mass is 10.0. The van der Waals surface area contributed by atoms with Crippen molar-refractivity contribution in [2.24, 2.45) is 0 Å². The molecule has 0 radical (unpaired) electrons. The summed E-state index contributed by atoms with van der Waals surface area (Å²) < 4.78 is 0. The van der Waals surface area contributed by atoms with Gasteiger partial charge in [-0.25, -0.2) is 0 Å². The van der Waals surface area contributed by atoms with E-state index in [-0.39, 0.29) is 11.3 Å². The molecule has 0 saturated heterocycles. The van der Waals surface area contributed by atoms with Crippen LogP contribution < -0.4 is 0 Å². The molecule has 2 atom stereocenters. The van der Waals surface area contributed by atoms with Gasteiger partial charge in [-0.3, -0.25) is 14.9 Å². The summed E-state index contributed by atoms with van der Waals surface area (Å²) in [6.45, 7) is 2.05. The van der Waals surface area contributed by atoms with E-state index in [2.05, 4.69) is 0 Å². The second-order valence-electron chi connectivity index (χ2n) is 6.32. The Kier molecular flexibility index (Phi) is 14.2. The fourth-order valence-electron chi connectivity index (χ4n) is 2.62. The maximum absolute atomic E-state index is 11.0. The Morgan fingerprint density at radius 2 is 1.75 bits per heavy atom. The van der Waals surface area contributed by atoms with Crippen LogP contribution in [0.2, 0.25) is 0 Å². The van der Waals surface area contributed by atoms with Gasteiger partial charge in [0, 0.05) is 17.8 Å². The fraction of sp³-hybridized carbons (Fsp3) is 0.833. The number of hydrogen-bond donors (Lipinski definition) is 2. The minimum atomic E-state index is -0.913. The zero-order valence-electron chi connectivity index (χ0n) is 14.9. The number of carboxylic acid groups (broad SMARTS) is 1. The Morgan fingerprint density at radius 1 is 1.08 bits per heavy atom. The molecule has 0 aromatic carbocycles. The molecule has 0 aliphatic rings. The molecule has 0 aliphatic carbocycles. The number of hydrogen-bond acceptors (Lipinski definition) is 4. The molecule has 2 unspecified atom stereocenters. The number of aliphatic hydroxyl groups excluding tert-OH is 1. The van der Waals surface area contributed by atoms with Crippen LogP contribution in [-0.4, -0.2) is 33.3 Å². The van der Waals surface area contributed by atoms with Crippen LogP contribution in [0.3, 0.4) is 0 Å². The zero-order chi connectivity index (χ0) is 18.2. The van der Waals surface area contributed by atoms with E-state index in [4.69, 9.17) is 5.11 Å². The third-order valence-corrected chi connectivity index (χ3v) is 4.12. The summed E-state index contributed by atoms with van der Waals surface area (Å²) in [4.78, 5) is 21.0. The average Bonchev–Trinajstić information content (AvgIpc) is 2.52. The number of unbranched alkanes of at least 4 members (excludes halogenated alkanes) is 7. The molecule has 24 heavy (non-hydrogen) atoms. The van der Waals surface area contributed by atoms with Gasteiger partial charge in [0.05, 0.1) is 0 Å². The SMILES string of the molecule is CCCCCC(C(O)C/C=C\CCCCCCCC(=O)O)[N+](=O)[O-]. The van der Waals surface area contributed by atoms with Gasteiger partial charge >= 0.3 is 5.97 Å². The molecule has 0 bridgehead atoms. The molecule has 140 valence electrons. The number of carbonyl (C=O) groups is 1. The first-order valence-corrected chi connectivity index (χ1v) is 9.17. The van der Waals surface area contributed by atoms with E-state index in [9.17, 15) is 20.0 Å². The Hall–Kier alpha value is -1.43. The first kappa shape index (κ1) is 22.6. The molecule has 0 aliphatic heterocycles. The molecule has 0 fully saturated rings. The van der Waals surface area contributed by atoms with E-state index in [1.54, 1.807) is 0 Å². The van der Waals surface area contributed by atoms with Gasteiger partial charge in [0.2, 0.25) is 6.04 Å². The summed E-state index contributed by atoms with van der Waals surface area (Å²) in [5.74, 6) is -0.737. The summed E-state index contributed by atoms with van der Waals surface area (Å²) in [6.07, 6.45) is 12.3. The minimum Gasteiger partial charge on any atom is -0.481 e. The summed E-state index contributed by atoms with van der Waals surface area (Å²) in [5.41, 5.74) is 0. The van der Waals surface area contributed by atoms with Crippen LogP contribution >= 0.6 is 0 Å². The molecular weight excluding hydrogens is 310 g/mol. The molecule has 6 nitrogen and oxygen atoms in total. The van der Waals surface area contributed by atoms with Crippen molar-refractivity contribution in [2.75, 3.05) is 0 Å². The van der Waals surface area contributed by atoms with Crippen LogP contribution in [0.4, 0.5) is 0 Å². The standard InChI is InChI=1S/C18H33NO5/c1-2-3-10-13-16(19(23)24)17(20)14-11-8-6-4-5-7-9-12-15-18(21)22/h8,11,16-17,20H,2-7,9-10,12-15H2,1H3,(H,21,22)/b11-8-. The van der Waals surface area contributed by atoms with E-state index >= 15 is 0 Å². The van der Waals surface area contributed by atoms with Gasteiger partial charge < -0.3 is 10.2 Å². The molecule has 0 saturated carbocycles. The lowest BCUT2D eigenvalue weighted by molar-refractivity contribution is -0.535. The topological polar surface area (TPSA) is 101 Å². The van der Waals surface area contributed by atoms with Crippen molar-refractivity contribution in [3.05, 3.63) is 22.3 Å². The van der Waals surface area contributed by atoms with Gasteiger partial charge in [0.1, 0.15) is 6.10 Å². The molecule has 6 heteroatoms. The van der Waals surface area contributed by atoms with Gasteiger partial charge in [0.25, 0.3) is 0 Å². The molecule has 0 aromatic rings. The maximum Gasteiger partial charge on any atom is 0.303 e. The Morgan fingerprint density at radius 3 is 2.38 bits per heavy atom. The van der Waals surface area contributed by atoms with Gasteiger partial charge in [-0.2, -0.15) is 0 Å². The van der Waals surface area contributed by atoms with Crippen molar-refractivity contribution >= 4 is 5.97 Å². The van der Waals surface area contributed by atoms with Crippen LogP contribution in [0.5, 0.6) is 0 Å². The van der Waals surface area contributed by atoms with E-state index in [1.165, 1.54) is 0 Å². The molecule has 0 heterocycles. The van der Waals surface area contributed by atoms with Crippen molar-refractivity contribution in [3.63, 3.8) is 0 Å². The minimum absolute atomic E-state index is 0.244. The second-order valence-corrected chi connectivity index (χ2v) is 6.32. The molecule has 0 rings (SSSR count). The van der Waals surface area contributed by atoms with Gasteiger partial charge in [-0.1, -0.05) is 51.2 Å². The summed E-state index contributed by atoms with van der Waals surface area (Å²) in [5, 5.41) is 29.5. The van der Waals surface area contributed by atoms with E-state index in [1.807, 2.05) is 19.1 Å². The largest absolute Gasteiger partial charge is 0.481 e. The van der Waals surface area contributed by atoms with Crippen molar-refractivity contribution < 1.29 is 19.9 Å². The van der Waals surface area contributed by atoms with Crippen molar-refractivity contribution in [1.29, 1.82) is 0 Å². The van der Waals surface area contributed by atoms with E-state index in [0.29, 0.717) is 12.8 Å². The Bertz CT molecular complexity index is 370. The van der Waals surface area contributed by atoms with Crippen LogP contribution in [0.1, 0.15) is 84.0 Å². The monoisotopic (exact) mass is 343 g/mol. The van der Waals surface area contributed by atoms with Gasteiger partial charge in [-0.05, 0) is 32.1 Å². The number of nitro groups is 1. The van der Waals surface area contributed by atoms with Crippen LogP contribution in [0, 0.1) is 10.1 Å². The number of aliphatic hydroxyl groups is 1. The van der Waals surface area contributed by atoms with Gasteiger partial charge in [-0.15, -0.1) is 0 Å². The molecular formula is C18H33NO5. The highest BCUT2D eigenvalue weighted by atomic mass is 16.6. The van der Waals surface area contributed by atoms with Crippen molar-refractivity contribution in [1.82, 2.24) is 0 Å². The molecule has 0 spiro atoms. The quantitative estimate of drug-likeness (QED) is 0.188. The molecule has 0 aromatic heterocycles. The molecule has 2 N–H and O–H groups in total. The Labute approximate surface area is 145 Å². The normalized spacial score (nSPS) is 13.9. The van der Waals surface area contributed by atoms with Crippen LogP contribution in [-0.2, 0) is 4.79 Å².